The Kier molecular flexibility index (Phi) is 4.34. The summed E-state index contributed by atoms with van der Waals surface area (Å²) in [5.41, 5.74) is 3.02. The van der Waals surface area contributed by atoms with Gasteiger partial charge in [0.15, 0.2) is 0 Å². The van der Waals surface area contributed by atoms with Gasteiger partial charge in [0.2, 0.25) is 0 Å². The molecule has 6 nitrogen and oxygen atoms in total. The van der Waals surface area contributed by atoms with Crippen LogP contribution in [0.2, 0.25) is 0 Å². The fourth-order valence-electron chi connectivity index (χ4n) is 2.86. The summed E-state index contributed by atoms with van der Waals surface area (Å²) < 4.78 is 7.61. The van der Waals surface area contributed by atoms with E-state index in [2.05, 4.69) is 29.5 Å². The van der Waals surface area contributed by atoms with Gasteiger partial charge >= 0.3 is 6.03 Å². The van der Waals surface area contributed by atoms with Crippen molar-refractivity contribution in [3.8, 4) is 0 Å². The van der Waals surface area contributed by atoms with Crippen molar-refractivity contribution in [1.82, 2.24) is 14.7 Å². The molecule has 1 aliphatic rings. The maximum absolute atomic E-state index is 12.6. The molecule has 3 rings (SSSR count). The van der Waals surface area contributed by atoms with Gasteiger partial charge in [0.1, 0.15) is 6.10 Å². The zero-order valence-electron chi connectivity index (χ0n) is 13.7. The number of anilines is 1. The predicted molar refractivity (Wildman–Crippen MR) is 88.3 cm³/mol. The summed E-state index contributed by atoms with van der Waals surface area (Å²) in [4.78, 5) is 14.4. The average Bonchev–Trinajstić information content (AvgIpc) is 2.93. The minimum atomic E-state index is -0.118. The van der Waals surface area contributed by atoms with E-state index in [9.17, 15) is 4.79 Å². The highest BCUT2D eigenvalue weighted by molar-refractivity contribution is 5.89. The van der Waals surface area contributed by atoms with Crippen molar-refractivity contribution in [2.45, 2.75) is 26.0 Å². The van der Waals surface area contributed by atoms with Crippen LogP contribution >= 0.6 is 0 Å². The van der Waals surface area contributed by atoms with E-state index in [1.54, 1.807) is 17.1 Å². The highest BCUT2D eigenvalue weighted by Gasteiger charge is 2.31. The number of rotatable bonds is 2. The van der Waals surface area contributed by atoms with Gasteiger partial charge in [0, 0.05) is 13.2 Å². The lowest BCUT2D eigenvalue weighted by Crippen LogP contribution is -2.50. The normalized spacial score (nSPS) is 21.3. The largest absolute Gasteiger partial charge is 0.370 e. The molecule has 2 atom stereocenters. The first-order valence-corrected chi connectivity index (χ1v) is 7.78. The molecule has 0 saturated carbocycles. The van der Waals surface area contributed by atoms with E-state index in [4.69, 9.17) is 4.74 Å². The maximum atomic E-state index is 12.6. The molecule has 0 bridgehead atoms. The number of ether oxygens (including phenoxy) is 1. The summed E-state index contributed by atoms with van der Waals surface area (Å²) in [6, 6.07) is 8.06. The molecule has 2 amide bonds. The van der Waals surface area contributed by atoms with Crippen molar-refractivity contribution in [1.29, 1.82) is 0 Å². The second-order valence-electron chi connectivity index (χ2n) is 6.01. The standard InChI is InChI=1S/C17H22N4O2/c1-12-6-4-5-7-15(12)16-10-21(13(2)11-23-16)17(22)19-14-8-18-20(3)9-14/h4-9,13,16H,10-11H2,1-3H3,(H,19,22). The summed E-state index contributed by atoms with van der Waals surface area (Å²) in [5.74, 6) is 0. The first-order chi connectivity index (χ1) is 11.0. The van der Waals surface area contributed by atoms with Gasteiger partial charge in [-0.3, -0.25) is 4.68 Å². The van der Waals surface area contributed by atoms with Gasteiger partial charge < -0.3 is 15.0 Å². The summed E-state index contributed by atoms with van der Waals surface area (Å²) in [6.45, 7) is 5.13. The summed E-state index contributed by atoms with van der Waals surface area (Å²) in [6.07, 6.45) is 3.33. The van der Waals surface area contributed by atoms with Crippen LogP contribution in [0, 0.1) is 6.92 Å². The molecule has 1 aromatic heterocycles. The summed E-state index contributed by atoms with van der Waals surface area (Å²) in [7, 11) is 1.82. The Morgan fingerprint density at radius 3 is 2.87 bits per heavy atom. The molecule has 122 valence electrons. The first-order valence-electron chi connectivity index (χ1n) is 7.78. The van der Waals surface area contributed by atoms with Crippen molar-refractivity contribution in [2.24, 2.45) is 7.05 Å². The molecule has 1 fully saturated rings. The van der Waals surface area contributed by atoms with Gasteiger partial charge in [0.05, 0.1) is 31.1 Å². The van der Waals surface area contributed by atoms with Gasteiger partial charge in [-0.05, 0) is 25.0 Å². The fourth-order valence-corrected chi connectivity index (χ4v) is 2.86. The Hall–Kier alpha value is -2.34. The number of hydrogen-bond acceptors (Lipinski definition) is 3. The van der Waals surface area contributed by atoms with E-state index in [0.29, 0.717) is 18.8 Å². The Labute approximate surface area is 136 Å². The topological polar surface area (TPSA) is 59.4 Å². The zero-order chi connectivity index (χ0) is 16.4. The lowest BCUT2D eigenvalue weighted by atomic mass is 10.0. The van der Waals surface area contributed by atoms with Gasteiger partial charge in [-0.2, -0.15) is 5.10 Å². The van der Waals surface area contributed by atoms with Gasteiger partial charge in [-0.15, -0.1) is 0 Å². The Morgan fingerprint density at radius 1 is 1.39 bits per heavy atom. The lowest BCUT2D eigenvalue weighted by Gasteiger charge is -2.38. The molecular weight excluding hydrogens is 292 g/mol. The molecule has 1 saturated heterocycles. The Balaban J connectivity index is 1.73. The van der Waals surface area contributed by atoms with Crippen LogP contribution in [0.15, 0.2) is 36.7 Å². The van der Waals surface area contributed by atoms with Gasteiger partial charge in [-0.1, -0.05) is 24.3 Å². The second kappa shape index (κ2) is 6.42. The van der Waals surface area contributed by atoms with E-state index < -0.39 is 0 Å². The molecule has 0 radical (unpaired) electrons. The number of nitrogens with zero attached hydrogens (tertiary/aromatic N) is 3. The maximum Gasteiger partial charge on any atom is 0.322 e. The highest BCUT2D eigenvalue weighted by Crippen LogP contribution is 2.27. The SMILES string of the molecule is Cc1ccccc1C1CN(C(=O)Nc2cnn(C)c2)C(C)CO1. The van der Waals surface area contributed by atoms with Crippen LogP contribution in [0.3, 0.4) is 0 Å². The number of nitrogens with one attached hydrogen (secondary N) is 1. The summed E-state index contributed by atoms with van der Waals surface area (Å²) in [5, 5.41) is 6.96. The molecule has 2 aromatic rings. The van der Waals surface area contributed by atoms with Crippen LogP contribution in [0.5, 0.6) is 0 Å². The number of benzene rings is 1. The monoisotopic (exact) mass is 314 g/mol. The molecule has 1 aliphatic heterocycles. The molecule has 23 heavy (non-hydrogen) atoms. The minimum absolute atomic E-state index is 0.0342. The molecule has 2 heterocycles. The van der Waals surface area contributed by atoms with Gasteiger partial charge in [-0.25, -0.2) is 4.79 Å². The van der Waals surface area contributed by atoms with E-state index in [0.717, 1.165) is 5.56 Å². The number of aryl methyl sites for hydroxylation is 2. The molecule has 1 aromatic carbocycles. The lowest BCUT2D eigenvalue weighted by molar-refractivity contribution is -0.0410. The van der Waals surface area contributed by atoms with E-state index in [-0.39, 0.29) is 18.2 Å². The molecule has 6 heteroatoms. The van der Waals surface area contributed by atoms with Crippen LogP contribution in [0.4, 0.5) is 10.5 Å². The third kappa shape index (κ3) is 3.37. The number of carbonyl (C=O) groups excluding carboxylic acids is 1. The second-order valence-corrected chi connectivity index (χ2v) is 6.01. The summed E-state index contributed by atoms with van der Waals surface area (Å²) >= 11 is 0. The van der Waals surface area contributed by atoms with Crippen molar-refractivity contribution >= 4 is 11.7 Å². The van der Waals surface area contributed by atoms with Crippen molar-refractivity contribution in [3.63, 3.8) is 0 Å². The Morgan fingerprint density at radius 2 is 2.17 bits per heavy atom. The van der Waals surface area contributed by atoms with Gasteiger partial charge in [0.25, 0.3) is 0 Å². The van der Waals surface area contributed by atoms with E-state index in [1.165, 1.54) is 5.56 Å². The number of aromatic nitrogens is 2. The minimum Gasteiger partial charge on any atom is -0.370 e. The third-order valence-corrected chi connectivity index (χ3v) is 4.19. The molecule has 0 spiro atoms. The van der Waals surface area contributed by atoms with Crippen molar-refractivity contribution in [2.75, 3.05) is 18.5 Å². The number of carbonyl (C=O) groups is 1. The van der Waals surface area contributed by atoms with Crippen LogP contribution in [0.25, 0.3) is 0 Å². The smallest absolute Gasteiger partial charge is 0.322 e. The van der Waals surface area contributed by atoms with E-state index >= 15 is 0 Å². The number of amides is 2. The molecule has 0 aliphatic carbocycles. The third-order valence-electron chi connectivity index (χ3n) is 4.19. The first kappa shape index (κ1) is 15.6. The number of morpholine rings is 1. The zero-order valence-corrected chi connectivity index (χ0v) is 13.7. The number of hydrogen-bond donors (Lipinski definition) is 1. The van der Waals surface area contributed by atoms with Crippen LogP contribution in [-0.2, 0) is 11.8 Å². The quantitative estimate of drug-likeness (QED) is 0.927. The average molecular weight is 314 g/mol. The van der Waals surface area contributed by atoms with E-state index in [1.807, 2.05) is 31.0 Å². The van der Waals surface area contributed by atoms with Crippen LogP contribution in [0.1, 0.15) is 24.2 Å². The molecule has 2 unspecified atom stereocenters. The van der Waals surface area contributed by atoms with Crippen LogP contribution < -0.4 is 5.32 Å². The van der Waals surface area contributed by atoms with Crippen molar-refractivity contribution in [3.05, 3.63) is 47.8 Å². The fraction of sp³-hybridized carbons (Fsp3) is 0.412. The number of urea groups is 1. The van der Waals surface area contributed by atoms with Crippen molar-refractivity contribution < 1.29 is 9.53 Å². The highest BCUT2D eigenvalue weighted by atomic mass is 16.5. The molecular formula is C17H22N4O2. The molecule has 1 N–H and O–H groups in total. The predicted octanol–water partition coefficient (Wildman–Crippen LogP) is 2.72. The van der Waals surface area contributed by atoms with Crippen LogP contribution in [-0.4, -0.2) is 39.9 Å². The Bertz CT molecular complexity index is 697.